The lowest BCUT2D eigenvalue weighted by atomic mass is 9.74. The van der Waals surface area contributed by atoms with Crippen LogP contribution in [0.2, 0.25) is 0 Å². The van der Waals surface area contributed by atoms with Gasteiger partial charge in [-0.25, -0.2) is 8.78 Å². The molecule has 0 N–H and O–H groups in total. The Morgan fingerprint density at radius 3 is 2.32 bits per heavy atom. The van der Waals surface area contributed by atoms with Gasteiger partial charge < -0.3 is 0 Å². The third-order valence-electron chi connectivity index (χ3n) is 5.08. The van der Waals surface area contributed by atoms with Crippen LogP contribution in [-0.2, 0) is 6.42 Å². The summed E-state index contributed by atoms with van der Waals surface area (Å²) in [7, 11) is 0. The molecule has 124 valence electrons. The molecule has 2 atom stereocenters. The van der Waals surface area contributed by atoms with Crippen molar-refractivity contribution in [1.29, 1.82) is 0 Å². The summed E-state index contributed by atoms with van der Waals surface area (Å²) in [4.78, 5) is 0. The molecule has 22 heavy (non-hydrogen) atoms. The summed E-state index contributed by atoms with van der Waals surface area (Å²) < 4.78 is 29.0. The van der Waals surface area contributed by atoms with Crippen LogP contribution in [0.25, 0.3) is 0 Å². The van der Waals surface area contributed by atoms with Crippen LogP contribution in [0.3, 0.4) is 0 Å². The second-order valence-corrected chi connectivity index (χ2v) is 6.95. The van der Waals surface area contributed by atoms with Crippen LogP contribution in [0, 0.1) is 5.92 Å². The van der Waals surface area contributed by atoms with Gasteiger partial charge in [-0.05, 0) is 42.7 Å². The monoisotopic (exact) mass is 308 g/mol. The second kappa shape index (κ2) is 8.08. The Balaban J connectivity index is 1.99. The zero-order chi connectivity index (χ0) is 16.0. The molecule has 0 amide bonds. The minimum atomic E-state index is -2.54. The molecule has 0 radical (unpaired) electrons. The summed E-state index contributed by atoms with van der Waals surface area (Å²) in [6, 6.07) is 8.00. The molecule has 0 saturated heterocycles. The Bertz CT molecular complexity index is 436. The number of hydrogen-bond acceptors (Lipinski definition) is 0. The van der Waals surface area contributed by atoms with Crippen LogP contribution in [-0.4, -0.2) is 5.92 Å². The number of halogens is 2. The standard InChI is InChI=1S/C20H30F2/c1-3-5-6-8-16-9-12-18(13-10-16)19-14-11-17(7-4-2)15-20(19,21)22/h9-10,12-13,17,19H,3-8,11,14-15H2,1-2H3. The molecule has 1 aliphatic rings. The zero-order valence-corrected chi connectivity index (χ0v) is 14.1. The summed E-state index contributed by atoms with van der Waals surface area (Å²) in [5.74, 6) is -2.91. The maximum Gasteiger partial charge on any atom is 0.255 e. The average Bonchev–Trinajstić information content (AvgIpc) is 2.48. The van der Waals surface area contributed by atoms with Gasteiger partial charge in [0.1, 0.15) is 0 Å². The van der Waals surface area contributed by atoms with Gasteiger partial charge in [0.2, 0.25) is 0 Å². The summed E-state index contributed by atoms with van der Waals surface area (Å²) in [5.41, 5.74) is 2.11. The van der Waals surface area contributed by atoms with Gasteiger partial charge in [0.25, 0.3) is 5.92 Å². The van der Waals surface area contributed by atoms with E-state index in [-0.39, 0.29) is 12.3 Å². The van der Waals surface area contributed by atoms with Gasteiger partial charge in [-0.15, -0.1) is 0 Å². The van der Waals surface area contributed by atoms with Crippen molar-refractivity contribution in [2.24, 2.45) is 5.92 Å². The van der Waals surface area contributed by atoms with Gasteiger partial charge in [-0.3, -0.25) is 0 Å². The lowest BCUT2D eigenvalue weighted by Crippen LogP contribution is -2.34. The highest BCUT2D eigenvalue weighted by atomic mass is 19.3. The zero-order valence-electron chi connectivity index (χ0n) is 14.1. The highest BCUT2D eigenvalue weighted by Crippen LogP contribution is 2.47. The molecule has 2 unspecified atom stereocenters. The number of unbranched alkanes of at least 4 members (excludes halogenated alkanes) is 2. The molecule has 0 heterocycles. The molecule has 0 nitrogen and oxygen atoms in total. The lowest BCUT2D eigenvalue weighted by molar-refractivity contribution is -0.0735. The van der Waals surface area contributed by atoms with E-state index in [1.165, 1.54) is 24.8 Å². The number of aryl methyl sites for hydroxylation is 1. The van der Waals surface area contributed by atoms with Crippen molar-refractivity contribution >= 4 is 0 Å². The molecule has 0 spiro atoms. The molecule has 0 aliphatic heterocycles. The van der Waals surface area contributed by atoms with Crippen molar-refractivity contribution in [3.63, 3.8) is 0 Å². The first-order valence-electron chi connectivity index (χ1n) is 9.03. The van der Waals surface area contributed by atoms with Crippen molar-refractivity contribution in [2.75, 3.05) is 0 Å². The van der Waals surface area contributed by atoms with Gasteiger partial charge in [0, 0.05) is 12.3 Å². The number of benzene rings is 1. The van der Waals surface area contributed by atoms with Gasteiger partial charge >= 0.3 is 0 Å². The number of hydrogen-bond donors (Lipinski definition) is 0. The molecule has 1 aromatic rings. The van der Waals surface area contributed by atoms with E-state index in [9.17, 15) is 8.78 Å². The minimum absolute atomic E-state index is 0.0732. The fourth-order valence-electron chi connectivity index (χ4n) is 3.80. The summed E-state index contributed by atoms with van der Waals surface area (Å²) in [6.45, 7) is 4.28. The van der Waals surface area contributed by atoms with Crippen molar-refractivity contribution in [2.45, 2.75) is 83.5 Å². The Morgan fingerprint density at radius 2 is 1.73 bits per heavy atom. The first-order valence-corrected chi connectivity index (χ1v) is 9.03. The molecule has 0 bridgehead atoms. The lowest BCUT2D eigenvalue weighted by Gasteiger charge is -2.36. The first kappa shape index (κ1) is 17.4. The third-order valence-corrected chi connectivity index (χ3v) is 5.08. The average molecular weight is 308 g/mol. The molecular formula is C20H30F2. The number of rotatable bonds is 7. The number of alkyl halides is 2. The van der Waals surface area contributed by atoms with Crippen LogP contribution in [0.15, 0.2) is 24.3 Å². The second-order valence-electron chi connectivity index (χ2n) is 6.95. The van der Waals surface area contributed by atoms with E-state index in [0.717, 1.165) is 31.2 Å². The fraction of sp³-hybridized carbons (Fsp3) is 0.700. The van der Waals surface area contributed by atoms with Gasteiger partial charge in [-0.2, -0.15) is 0 Å². The van der Waals surface area contributed by atoms with Crippen molar-refractivity contribution in [3.05, 3.63) is 35.4 Å². The van der Waals surface area contributed by atoms with E-state index in [0.29, 0.717) is 6.42 Å². The largest absolute Gasteiger partial charge is 0.255 e. The molecule has 1 aliphatic carbocycles. The normalized spacial score (nSPS) is 24.4. The van der Waals surface area contributed by atoms with Crippen LogP contribution >= 0.6 is 0 Å². The quantitative estimate of drug-likeness (QED) is 0.489. The Morgan fingerprint density at radius 1 is 1.00 bits per heavy atom. The van der Waals surface area contributed by atoms with Crippen molar-refractivity contribution in [1.82, 2.24) is 0 Å². The van der Waals surface area contributed by atoms with Gasteiger partial charge in [0.05, 0.1) is 0 Å². The fourth-order valence-corrected chi connectivity index (χ4v) is 3.80. The smallest absolute Gasteiger partial charge is 0.206 e. The van der Waals surface area contributed by atoms with E-state index in [2.05, 4.69) is 26.0 Å². The summed E-state index contributed by atoms with van der Waals surface area (Å²) >= 11 is 0. The van der Waals surface area contributed by atoms with E-state index >= 15 is 0 Å². The SMILES string of the molecule is CCCCCc1ccc(C2CCC(CCC)CC2(F)F)cc1. The Hall–Kier alpha value is -0.920. The highest BCUT2D eigenvalue weighted by molar-refractivity contribution is 5.27. The van der Waals surface area contributed by atoms with Gasteiger partial charge in [-0.1, -0.05) is 63.8 Å². The third kappa shape index (κ3) is 4.54. The molecule has 2 heteroatoms. The summed E-state index contributed by atoms with van der Waals surface area (Å²) in [6.07, 6.45) is 8.31. The van der Waals surface area contributed by atoms with E-state index in [1.807, 2.05) is 12.1 Å². The predicted octanol–water partition coefficient (Wildman–Crippen LogP) is 6.74. The summed E-state index contributed by atoms with van der Waals surface area (Å²) in [5, 5.41) is 0. The highest BCUT2D eigenvalue weighted by Gasteiger charge is 2.45. The molecule has 1 aromatic carbocycles. The van der Waals surface area contributed by atoms with Crippen LogP contribution in [0.4, 0.5) is 8.78 Å². The van der Waals surface area contributed by atoms with E-state index in [1.54, 1.807) is 0 Å². The van der Waals surface area contributed by atoms with Crippen molar-refractivity contribution in [3.8, 4) is 0 Å². The maximum absolute atomic E-state index is 14.5. The molecule has 2 rings (SSSR count). The molecule has 1 fully saturated rings. The van der Waals surface area contributed by atoms with Crippen LogP contribution in [0.1, 0.15) is 82.3 Å². The van der Waals surface area contributed by atoms with Gasteiger partial charge in [0.15, 0.2) is 0 Å². The Kier molecular flexibility index (Phi) is 6.40. The molecule has 1 saturated carbocycles. The van der Waals surface area contributed by atoms with E-state index in [4.69, 9.17) is 0 Å². The van der Waals surface area contributed by atoms with E-state index < -0.39 is 11.8 Å². The van der Waals surface area contributed by atoms with Crippen LogP contribution < -0.4 is 0 Å². The topological polar surface area (TPSA) is 0 Å². The minimum Gasteiger partial charge on any atom is -0.206 e. The van der Waals surface area contributed by atoms with Crippen molar-refractivity contribution < 1.29 is 8.78 Å². The Labute approximate surface area is 134 Å². The maximum atomic E-state index is 14.5. The molecular weight excluding hydrogens is 278 g/mol. The predicted molar refractivity (Wildman–Crippen MR) is 89.6 cm³/mol. The molecule has 0 aromatic heterocycles. The van der Waals surface area contributed by atoms with Crippen LogP contribution in [0.5, 0.6) is 0 Å². The first-order chi connectivity index (χ1) is 10.6.